The van der Waals surface area contributed by atoms with Crippen molar-refractivity contribution in [2.24, 2.45) is 5.92 Å². The van der Waals surface area contributed by atoms with E-state index in [2.05, 4.69) is 26.5 Å². The van der Waals surface area contributed by atoms with Gasteiger partial charge in [0.05, 0.1) is 18.4 Å². The van der Waals surface area contributed by atoms with Gasteiger partial charge in [-0.05, 0) is 56.0 Å². The van der Waals surface area contributed by atoms with Crippen molar-refractivity contribution in [3.8, 4) is 5.75 Å². The number of ether oxygens (including phenoxy) is 1. The fourth-order valence-corrected chi connectivity index (χ4v) is 5.07. The number of hydrogen-bond donors (Lipinski definition) is 2. The molecule has 0 spiro atoms. The van der Waals surface area contributed by atoms with Crippen LogP contribution in [0.1, 0.15) is 48.9 Å². The van der Waals surface area contributed by atoms with Gasteiger partial charge in [-0.3, -0.25) is 9.59 Å². The number of methoxy groups -OCH3 is 1. The highest BCUT2D eigenvalue weighted by molar-refractivity contribution is 6.02. The zero-order valence-electron chi connectivity index (χ0n) is 19.9. The molecule has 3 aliphatic rings. The first-order valence-electron chi connectivity index (χ1n) is 12.5. The summed E-state index contributed by atoms with van der Waals surface area (Å²) < 4.78 is 5.54. The summed E-state index contributed by atoms with van der Waals surface area (Å²) in [5, 5.41) is 6.19. The number of carbonyl (C=O) groups excluding carboxylic acids is 2. The van der Waals surface area contributed by atoms with Crippen molar-refractivity contribution in [1.29, 1.82) is 0 Å². The predicted octanol–water partition coefficient (Wildman–Crippen LogP) is 4.04. The Morgan fingerprint density at radius 1 is 0.882 bits per heavy atom. The molecule has 2 aromatic carbocycles. The molecule has 7 heteroatoms. The van der Waals surface area contributed by atoms with Gasteiger partial charge in [-0.2, -0.15) is 0 Å². The smallest absolute Gasteiger partial charge is 0.253 e. The molecule has 180 valence electrons. The molecule has 2 aromatic rings. The SMILES string of the molecule is COc1ccccc1N1CCN(c2ccc(NC(=O)C3CCCC3)cc2C(=O)NC2CC2)CC1. The molecule has 0 unspecified atom stereocenters. The van der Waals surface area contributed by atoms with Crippen LogP contribution in [0, 0.1) is 5.92 Å². The van der Waals surface area contributed by atoms with Crippen LogP contribution >= 0.6 is 0 Å². The second-order valence-corrected chi connectivity index (χ2v) is 9.60. The van der Waals surface area contributed by atoms with E-state index < -0.39 is 0 Å². The summed E-state index contributed by atoms with van der Waals surface area (Å²) in [6.07, 6.45) is 6.22. The third-order valence-corrected chi connectivity index (χ3v) is 7.19. The maximum Gasteiger partial charge on any atom is 0.253 e. The molecule has 2 aliphatic carbocycles. The summed E-state index contributed by atoms with van der Waals surface area (Å²) in [5.74, 6) is 0.986. The van der Waals surface area contributed by atoms with Gasteiger partial charge in [-0.15, -0.1) is 0 Å². The number of rotatable bonds is 7. The zero-order chi connectivity index (χ0) is 23.5. The summed E-state index contributed by atoms with van der Waals surface area (Å²) in [5.41, 5.74) is 3.37. The second kappa shape index (κ2) is 9.95. The van der Waals surface area contributed by atoms with Crippen LogP contribution in [-0.4, -0.2) is 51.1 Å². The van der Waals surface area contributed by atoms with Gasteiger partial charge in [0, 0.05) is 49.5 Å². The molecule has 7 nitrogen and oxygen atoms in total. The Balaban J connectivity index is 1.33. The largest absolute Gasteiger partial charge is 0.495 e. The monoisotopic (exact) mass is 462 g/mol. The molecule has 0 aromatic heterocycles. The molecular weight excluding hydrogens is 428 g/mol. The van der Waals surface area contributed by atoms with Gasteiger partial charge in [-0.1, -0.05) is 25.0 Å². The average Bonchev–Trinajstić information content (AvgIpc) is 3.51. The molecule has 1 saturated heterocycles. The van der Waals surface area contributed by atoms with Crippen LogP contribution in [0.25, 0.3) is 0 Å². The topological polar surface area (TPSA) is 73.9 Å². The summed E-state index contributed by atoms with van der Waals surface area (Å²) in [6.45, 7) is 3.28. The van der Waals surface area contributed by atoms with Gasteiger partial charge in [0.1, 0.15) is 5.75 Å². The molecule has 3 fully saturated rings. The van der Waals surface area contributed by atoms with Crippen LogP contribution in [0.4, 0.5) is 17.1 Å². The third kappa shape index (κ3) is 4.98. The maximum atomic E-state index is 13.1. The summed E-state index contributed by atoms with van der Waals surface area (Å²) in [4.78, 5) is 30.4. The molecule has 0 radical (unpaired) electrons. The Labute approximate surface area is 201 Å². The quantitative estimate of drug-likeness (QED) is 0.650. The average molecular weight is 463 g/mol. The van der Waals surface area contributed by atoms with E-state index in [1.54, 1.807) is 7.11 Å². The van der Waals surface area contributed by atoms with E-state index in [-0.39, 0.29) is 23.8 Å². The number of nitrogens with zero attached hydrogens (tertiary/aromatic N) is 2. The molecule has 1 aliphatic heterocycles. The summed E-state index contributed by atoms with van der Waals surface area (Å²) in [6, 6.07) is 14.1. The van der Waals surface area contributed by atoms with Gasteiger partial charge >= 0.3 is 0 Å². The minimum Gasteiger partial charge on any atom is -0.495 e. The van der Waals surface area contributed by atoms with Crippen LogP contribution in [0.3, 0.4) is 0 Å². The van der Waals surface area contributed by atoms with E-state index in [1.165, 1.54) is 0 Å². The fourth-order valence-electron chi connectivity index (χ4n) is 5.07. The molecular formula is C27H34N4O3. The predicted molar refractivity (Wildman–Crippen MR) is 135 cm³/mol. The number of nitrogens with one attached hydrogen (secondary N) is 2. The van der Waals surface area contributed by atoms with Crippen molar-refractivity contribution in [2.45, 2.75) is 44.6 Å². The van der Waals surface area contributed by atoms with Crippen molar-refractivity contribution in [1.82, 2.24) is 5.32 Å². The van der Waals surface area contributed by atoms with E-state index in [0.29, 0.717) is 11.3 Å². The van der Waals surface area contributed by atoms with Crippen LogP contribution in [-0.2, 0) is 4.79 Å². The van der Waals surface area contributed by atoms with E-state index in [1.807, 2.05) is 36.4 Å². The van der Waals surface area contributed by atoms with Gasteiger partial charge < -0.3 is 25.2 Å². The molecule has 1 heterocycles. The number of hydrogen-bond acceptors (Lipinski definition) is 5. The molecule has 5 rings (SSSR count). The molecule has 2 amide bonds. The number of benzene rings is 2. The van der Waals surface area contributed by atoms with E-state index in [4.69, 9.17) is 4.74 Å². The Bertz CT molecular complexity index is 1040. The van der Waals surface area contributed by atoms with Crippen LogP contribution in [0.2, 0.25) is 0 Å². The van der Waals surface area contributed by atoms with Gasteiger partial charge in [0.2, 0.25) is 5.91 Å². The lowest BCUT2D eigenvalue weighted by Crippen LogP contribution is -2.47. The first-order valence-corrected chi connectivity index (χ1v) is 12.5. The highest BCUT2D eigenvalue weighted by Crippen LogP contribution is 2.32. The molecule has 34 heavy (non-hydrogen) atoms. The second-order valence-electron chi connectivity index (χ2n) is 9.60. The third-order valence-electron chi connectivity index (χ3n) is 7.19. The van der Waals surface area contributed by atoms with E-state index >= 15 is 0 Å². The number of piperazine rings is 1. The first-order chi connectivity index (χ1) is 16.6. The van der Waals surface area contributed by atoms with Gasteiger partial charge in [-0.25, -0.2) is 0 Å². The highest BCUT2D eigenvalue weighted by atomic mass is 16.5. The molecule has 2 N–H and O–H groups in total. The normalized spacial score (nSPS) is 18.6. The minimum atomic E-state index is -0.0541. The lowest BCUT2D eigenvalue weighted by Gasteiger charge is -2.38. The molecule has 0 bridgehead atoms. The van der Waals surface area contributed by atoms with Crippen LogP contribution in [0.5, 0.6) is 5.75 Å². The fraction of sp³-hybridized carbons (Fsp3) is 0.481. The summed E-state index contributed by atoms with van der Waals surface area (Å²) in [7, 11) is 1.70. The Morgan fingerprint density at radius 2 is 1.56 bits per heavy atom. The standard InChI is InChI=1S/C27H34N4O3/c1-34-25-9-5-4-8-24(25)31-16-14-30(15-17-31)23-13-12-21(29-26(32)19-6-2-3-7-19)18-22(23)27(33)28-20-10-11-20/h4-5,8-9,12-13,18-20H,2-3,6-7,10-11,14-17H2,1H3,(H,28,33)(H,29,32). The van der Waals surface area contributed by atoms with Crippen molar-refractivity contribution >= 4 is 28.9 Å². The lowest BCUT2D eigenvalue weighted by atomic mass is 10.1. The first kappa shape index (κ1) is 22.6. The van der Waals surface area contributed by atoms with Crippen molar-refractivity contribution in [2.75, 3.05) is 48.4 Å². The Morgan fingerprint density at radius 3 is 2.24 bits per heavy atom. The van der Waals surface area contributed by atoms with Crippen LogP contribution < -0.4 is 25.2 Å². The summed E-state index contributed by atoms with van der Waals surface area (Å²) >= 11 is 0. The Kier molecular flexibility index (Phi) is 6.61. The number of para-hydroxylation sites is 2. The number of carbonyl (C=O) groups is 2. The maximum absolute atomic E-state index is 13.1. The number of amides is 2. The van der Waals surface area contributed by atoms with E-state index in [9.17, 15) is 9.59 Å². The van der Waals surface area contributed by atoms with Crippen molar-refractivity contribution < 1.29 is 14.3 Å². The highest BCUT2D eigenvalue weighted by Gasteiger charge is 2.28. The van der Waals surface area contributed by atoms with Crippen LogP contribution in [0.15, 0.2) is 42.5 Å². The molecule has 2 saturated carbocycles. The van der Waals surface area contributed by atoms with Gasteiger partial charge in [0.15, 0.2) is 0 Å². The van der Waals surface area contributed by atoms with Crippen molar-refractivity contribution in [3.63, 3.8) is 0 Å². The zero-order valence-corrected chi connectivity index (χ0v) is 19.9. The van der Waals surface area contributed by atoms with E-state index in [0.717, 1.165) is 81.8 Å². The van der Waals surface area contributed by atoms with Crippen molar-refractivity contribution in [3.05, 3.63) is 48.0 Å². The lowest BCUT2D eigenvalue weighted by molar-refractivity contribution is -0.119. The minimum absolute atomic E-state index is 0.0541. The molecule has 0 atom stereocenters. The number of anilines is 3. The van der Waals surface area contributed by atoms with Gasteiger partial charge in [0.25, 0.3) is 5.91 Å². The Hall–Kier alpha value is -3.22.